The molecule has 0 saturated carbocycles. The number of nitrogens with zero attached hydrogens (tertiary/aromatic N) is 1. The number of hydrogen-bond acceptors (Lipinski definition) is 5. The molecule has 1 N–H and O–H groups in total. The maximum Gasteiger partial charge on any atom is 0.306 e. The number of ether oxygens (including phenoxy) is 1. The Bertz CT molecular complexity index is 1150. The predicted molar refractivity (Wildman–Crippen MR) is 125 cm³/mol. The van der Waals surface area contributed by atoms with Crippen molar-refractivity contribution in [3.05, 3.63) is 89.2 Å². The molecular weight excluding hydrogens is 424 g/mol. The van der Waals surface area contributed by atoms with Crippen LogP contribution in [-0.4, -0.2) is 26.0 Å². The topological polar surface area (TPSA) is 85.4 Å². The van der Waals surface area contributed by atoms with Crippen LogP contribution in [-0.2, 0) is 38.8 Å². The molecule has 0 atom stereocenters. The number of rotatable bonds is 10. The van der Waals surface area contributed by atoms with Crippen molar-refractivity contribution in [3.63, 3.8) is 0 Å². The summed E-state index contributed by atoms with van der Waals surface area (Å²) in [6.45, 7) is 4.09. The van der Waals surface area contributed by atoms with Crippen molar-refractivity contribution in [1.29, 1.82) is 0 Å². The summed E-state index contributed by atoms with van der Waals surface area (Å²) in [6, 6.07) is 16.1. The van der Waals surface area contributed by atoms with Crippen LogP contribution in [0, 0.1) is 0 Å². The van der Waals surface area contributed by atoms with Gasteiger partial charge in [0.2, 0.25) is 0 Å². The molecule has 0 fully saturated rings. The normalized spacial score (nSPS) is 11.2. The Hall–Kier alpha value is -3.19. The molecule has 0 saturated heterocycles. The maximum absolute atomic E-state index is 13.0. The van der Waals surface area contributed by atoms with E-state index in [1.54, 1.807) is 49.6 Å². The largest absolute Gasteiger partial charge is 0.466 e. The molecule has 0 aliphatic heterocycles. The number of aryl methyl sites for hydroxylation is 1. The first-order chi connectivity index (χ1) is 15.4. The number of carbonyl (C=O) groups is 1. The molecule has 0 aliphatic rings. The van der Waals surface area contributed by atoms with E-state index < -0.39 is 10.0 Å². The Morgan fingerprint density at radius 3 is 2.47 bits per heavy atom. The van der Waals surface area contributed by atoms with Crippen LogP contribution in [0.4, 0.5) is 5.69 Å². The third-order valence-corrected chi connectivity index (χ3v) is 6.47. The number of nitrogens with one attached hydrogen (secondary N) is 1. The lowest BCUT2D eigenvalue weighted by molar-refractivity contribution is -0.143. The zero-order chi connectivity index (χ0) is 23.0. The van der Waals surface area contributed by atoms with Gasteiger partial charge in [0.25, 0.3) is 10.0 Å². The van der Waals surface area contributed by atoms with E-state index in [0.29, 0.717) is 31.6 Å². The van der Waals surface area contributed by atoms with Crippen molar-refractivity contribution < 1.29 is 17.9 Å². The van der Waals surface area contributed by atoms with Gasteiger partial charge in [-0.05, 0) is 72.7 Å². The summed E-state index contributed by atoms with van der Waals surface area (Å²) in [5, 5.41) is 0. The van der Waals surface area contributed by atoms with Crippen LogP contribution in [0.5, 0.6) is 0 Å². The van der Waals surface area contributed by atoms with E-state index in [2.05, 4.69) is 9.71 Å². The molecule has 32 heavy (non-hydrogen) atoms. The average molecular weight is 453 g/mol. The van der Waals surface area contributed by atoms with Crippen LogP contribution in [0.25, 0.3) is 0 Å². The van der Waals surface area contributed by atoms with Gasteiger partial charge in [-0.25, -0.2) is 8.42 Å². The molecule has 1 heterocycles. The van der Waals surface area contributed by atoms with Crippen molar-refractivity contribution in [2.75, 3.05) is 11.3 Å². The summed E-state index contributed by atoms with van der Waals surface area (Å²) in [5.41, 5.74) is 4.32. The number of esters is 1. The van der Waals surface area contributed by atoms with Gasteiger partial charge >= 0.3 is 5.97 Å². The number of sulfonamides is 1. The highest BCUT2D eigenvalue weighted by Gasteiger charge is 2.18. The van der Waals surface area contributed by atoms with Crippen molar-refractivity contribution in [2.45, 2.75) is 44.4 Å². The zero-order valence-corrected chi connectivity index (χ0v) is 19.2. The second-order valence-corrected chi connectivity index (χ2v) is 9.08. The summed E-state index contributed by atoms with van der Waals surface area (Å²) in [7, 11) is -3.75. The van der Waals surface area contributed by atoms with Crippen molar-refractivity contribution in [1.82, 2.24) is 4.98 Å². The van der Waals surface area contributed by atoms with E-state index in [9.17, 15) is 13.2 Å². The molecule has 3 aromatic rings. The highest BCUT2D eigenvalue weighted by molar-refractivity contribution is 7.92. The van der Waals surface area contributed by atoms with E-state index in [-0.39, 0.29) is 17.3 Å². The van der Waals surface area contributed by atoms with Gasteiger partial charge in [0.15, 0.2) is 0 Å². The molecule has 0 spiro atoms. The molecule has 0 unspecified atom stereocenters. The van der Waals surface area contributed by atoms with Gasteiger partial charge in [-0.1, -0.05) is 37.3 Å². The molecule has 0 aliphatic carbocycles. The van der Waals surface area contributed by atoms with E-state index >= 15 is 0 Å². The standard InChI is InChI=1S/C25H28N2O4S/c1-3-23-21(12-13-25(28)31-4-2)16-20(15-19-9-8-14-26-18-19)17-24(23)27-32(29,30)22-10-6-5-7-11-22/h5-11,14,16-18,27H,3-4,12-13,15H2,1-2H3. The third-order valence-electron chi connectivity index (χ3n) is 5.09. The molecule has 7 heteroatoms. The lowest BCUT2D eigenvalue weighted by Crippen LogP contribution is -2.16. The van der Waals surface area contributed by atoms with Crippen LogP contribution in [0.1, 0.15) is 42.5 Å². The average Bonchev–Trinajstić information content (AvgIpc) is 2.79. The van der Waals surface area contributed by atoms with Crippen LogP contribution < -0.4 is 4.72 Å². The fourth-order valence-corrected chi connectivity index (χ4v) is 4.75. The van der Waals surface area contributed by atoms with Gasteiger partial charge in [-0.2, -0.15) is 0 Å². The summed E-state index contributed by atoms with van der Waals surface area (Å²) in [5.74, 6) is -0.265. The first-order valence-electron chi connectivity index (χ1n) is 10.7. The predicted octanol–water partition coefficient (Wildman–Crippen LogP) is 4.53. The smallest absolute Gasteiger partial charge is 0.306 e. The minimum absolute atomic E-state index is 0.202. The van der Waals surface area contributed by atoms with Crippen molar-refractivity contribution in [2.24, 2.45) is 0 Å². The van der Waals surface area contributed by atoms with Gasteiger partial charge < -0.3 is 4.74 Å². The first kappa shape index (κ1) is 23.5. The van der Waals surface area contributed by atoms with Crippen molar-refractivity contribution >= 4 is 21.7 Å². The first-order valence-corrected chi connectivity index (χ1v) is 12.2. The summed E-state index contributed by atoms with van der Waals surface area (Å²) >= 11 is 0. The summed E-state index contributed by atoms with van der Waals surface area (Å²) in [4.78, 5) is 16.3. The summed E-state index contributed by atoms with van der Waals surface area (Å²) in [6.07, 6.45) is 5.45. The number of aromatic nitrogens is 1. The van der Waals surface area contributed by atoms with Crippen LogP contribution in [0.15, 0.2) is 71.9 Å². The van der Waals surface area contributed by atoms with Gasteiger partial charge in [0.05, 0.1) is 17.2 Å². The Morgan fingerprint density at radius 2 is 1.81 bits per heavy atom. The number of carbonyl (C=O) groups excluding carboxylic acids is 1. The van der Waals surface area contributed by atoms with Crippen LogP contribution in [0.2, 0.25) is 0 Å². The van der Waals surface area contributed by atoms with Gasteiger partial charge in [0, 0.05) is 18.8 Å². The molecule has 1 aromatic heterocycles. The van der Waals surface area contributed by atoms with Gasteiger partial charge in [-0.3, -0.25) is 14.5 Å². The molecule has 0 radical (unpaired) electrons. The van der Waals surface area contributed by atoms with E-state index in [0.717, 1.165) is 22.3 Å². The Balaban J connectivity index is 1.99. The Labute approximate surface area is 189 Å². The van der Waals surface area contributed by atoms with E-state index in [4.69, 9.17) is 4.74 Å². The Kier molecular flexibility index (Phi) is 8.00. The maximum atomic E-state index is 13.0. The molecule has 3 rings (SSSR count). The monoisotopic (exact) mass is 452 g/mol. The fourth-order valence-electron chi connectivity index (χ4n) is 3.64. The second kappa shape index (κ2) is 10.9. The highest BCUT2D eigenvalue weighted by Crippen LogP contribution is 2.28. The van der Waals surface area contributed by atoms with E-state index in [1.807, 2.05) is 31.2 Å². The van der Waals surface area contributed by atoms with Gasteiger partial charge in [0.1, 0.15) is 0 Å². The fraction of sp³-hybridized carbons (Fsp3) is 0.280. The number of pyridine rings is 1. The highest BCUT2D eigenvalue weighted by atomic mass is 32.2. The Morgan fingerprint density at radius 1 is 1.03 bits per heavy atom. The summed E-state index contributed by atoms with van der Waals surface area (Å²) < 4.78 is 33.9. The van der Waals surface area contributed by atoms with Crippen molar-refractivity contribution in [3.8, 4) is 0 Å². The molecule has 0 amide bonds. The molecule has 168 valence electrons. The SMILES string of the molecule is CCOC(=O)CCc1cc(Cc2cccnc2)cc(NS(=O)(=O)c2ccccc2)c1CC. The minimum atomic E-state index is -3.75. The number of anilines is 1. The molecular formula is C25H28N2O4S. The molecule has 2 aromatic carbocycles. The lowest BCUT2D eigenvalue weighted by atomic mass is 9.94. The minimum Gasteiger partial charge on any atom is -0.466 e. The zero-order valence-electron chi connectivity index (χ0n) is 18.4. The number of benzene rings is 2. The number of hydrogen-bond donors (Lipinski definition) is 1. The molecule has 0 bridgehead atoms. The van der Waals surface area contributed by atoms with Crippen LogP contribution >= 0.6 is 0 Å². The molecule has 6 nitrogen and oxygen atoms in total. The van der Waals surface area contributed by atoms with Gasteiger partial charge in [-0.15, -0.1) is 0 Å². The lowest BCUT2D eigenvalue weighted by Gasteiger charge is -2.18. The van der Waals surface area contributed by atoms with E-state index in [1.165, 1.54) is 0 Å². The third kappa shape index (κ3) is 6.17. The van der Waals surface area contributed by atoms with Crippen LogP contribution in [0.3, 0.4) is 0 Å². The quantitative estimate of drug-likeness (QED) is 0.457. The second-order valence-electron chi connectivity index (χ2n) is 7.40.